The van der Waals surface area contributed by atoms with Crippen LogP contribution in [0.1, 0.15) is 37.3 Å². The largest absolute Gasteiger partial charge is 0.481 e. The third-order valence-corrected chi connectivity index (χ3v) is 2.44. The molecule has 0 saturated heterocycles. The fourth-order valence-electron chi connectivity index (χ4n) is 1.71. The van der Waals surface area contributed by atoms with Gasteiger partial charge < -0.3 is 5.11 Å². The summed E-state index contributed by atoms with van der Waals surface area (Å²) in [6.07, 6.45) is 4.03. The molecule has 1 N–H and O–H groups in total. The lowest BCUT2D eigenvalue weighted by Crippen LogP contribution is -2.15. The third-order valence-electron chi connectivity index (χ3n) is 2.44. The molecule has 0 aliphatic heterocycles. The Labute approximate surface area is 90.2 Å². The number of nitrogens with zero attached hydrogens (tertiary/aromatic N) is 1. The van der Waals surface area contributed by atoms with Gasteiger partial charge >= 0.3 is 5.97 Å². The lowest BCUT2D eigenvalue weighted by molar-refractivity contribution is -0.139. The molecule has 1 atom stereocenters. The molecule has 1 rings (SSSR count). The van der Waals surface area contributed by atoms with Gasteiger partial charge in [-0.2, -0.15) is 0 Å². The van der Waals surface area contributed by atoms with E-state index in [9.17, 15) is 9.90 Å². The van der Waals surface area contributed by atoms with E-state index in [0.29, 0.717) is 12.3 Å². The molecule has 0 amide bonds. The monoisotopic (exact) mass is 207 g/mol. The number of carboxylic acids is 1. The molecule has 1 unspecified atom stereocenters. The van der Waals surface area contributed by atoms with Crippen LogP contribution in [0.5, 0.6) is 0 Å². The lowest BCUT2D eigenvalue weighted by atomic mass is 9.89. The first kappa shape index (κ1) is 11.7. The minimum Gasteiger partial charge on any atom is -0.481 e. The first-order chi connectivity index (χ1) is 7.02. The van der Waals surface area contributed by atoms with Gasteiger partial charge in [-0.25, -0.2) is 0 Å². The summed E-state index contributed by atoms with van der Waals surface area (Å²) in [4.78, 5) is 15.1. The zero-order chi connectivity index (χ0) is 11.4. The van der Waals surface area contributed by atoms with Crippen LogP contribution in [0.25, 0.3) is 0 Å². The highest BCUT2D eigenvalue weighted by Gasteiger charge is 2.22. The van der Waals surface area contributed by atoms with Crippen molar-refractivity contribution in [3.8, 4) is 0 Å². The first-order valence-electron chi connectivity index (χ1n) is 5.15. The van der Waals surface area contributed by atoms with Crippen LogP contribution in [0.2, 0.25) is 0 Å². The van der Waals surface area contributed by atoms with Crippen molar-refractivity contribution in [1.82, 2.24) is 4.98 Å². The first-order valence-corrected chi connectivity index (χ1v) is 5.15. The van der Waals surface area contributed by atoms with Crippen molar-refractivity contribution in [1.29, 1.82) is 0 Å². The van der Waals surface area contributed by atoms with Gasteiger partial charge in [0.1, 0.15) is 0 Å². The summed E-state index contributed by atoms with van der Waals surface area (Å²) in [6, 6.07) is 1.80. The van der Waals surface area contributed by atoms with Crippen molar-refractivity contribution in [2.45, 2.75) is 33.1 Å². The van der Waals surface area contributed by atoms with Gasteiger partial charge in [0, 0.05) is 12.4 Å². The van der Waals surface area contributed by atoms with Crippen LogP contribution in [0.15, 0.2) is 18.5 Å². The Morgan fingerprint density at radius 2 is 2.20 bits per heavy atom. The molecule has 3 nitrogen and oxygen atoms in total. The number of aliphatic carboxylic acids is 1. The average Bonchev–Trinajstić information content (AvgIpc) is 2.15. The molecule has 0 radical (unpaired) electrons. The minimum atomic E-state index is -0.752. The SMILES string of the molecule is Cc1cnccc1C(CC(C)C)C(=O)O. The lowest BCUT2D eigenvalue weighted by Gasteiger charge is -2.16. The molecule has 0 aliphatic rings. The van der Waals surface area contributed by atoms with Crippen molar-refractivity contribution < 1.29 is 9.90 Å². The van der Waals surface area contributed by atoms with Gasteiger partial charge in [-0.15, -0.1) is 0 Å². The molecule has 0 fully saturated rings. The number of hydrogen-bond acceptors (Lipinski definition) is 2. The summed E-state index contributed by atoms with van der Waals surface area (Å²) < 4.78 is 0. The van der Waals surface area contributed by atoms with Crippen molar-refractivity contribution in [3.63, 3.8) is 0 Å². The highest BCUT2D eigenvalue weighted by Crippen LogP contribution is 2.25. The van der Waals surface area contributed by atoms with Crippen molar-refractivity contribution in [2.24, 2.45) is 5.92 Å². The van der Waals surface area contributed by atoms with E-state index in [-0.39, 0.29) is 0 Å². The molecule has 0 aromatic carbocycles. The van der Waals surface area contributed by atoms with E-state index in [1.54, 1.807) is 18.5 Å². The van der Waals surface area contributed by atoms with E-state index in [4.69, 9.17) is 0 Å². The molecular weight excluding hydrogens is 190 g/mol. The summed E-state index contributed by atoms with van der Waals surface area (Å²) in [5, 5.41) is 9.18. The normalized spacial score (nSPS) is 12.8. The van der Waals surface area contributed by atoms with E-state index in [1.165, 1.54) is 0 Å². The van der Waals surface area contributed by atoms with Gasteiger partial charge in [-0.3, -0.25) is 9.78 Å². The highest BCUT2D eigenvalue weighted by atomic mass is 16.4. The van der Waals surface area contributed by atoms with E-state index >= 15 is 0 Å². The van der Waals surface area contributed by atoms with Crippen LogP contribution >= 0.6 is 0 Å². The number of pyridine rings is 1. The number of hydrogen-bond donors (Lipinski definition) is 1. The van der Waals surface area contributed by atoms with Crippen LogP contribution in [-0.2, 0) is 4.79 Å². The Morgan fingerprint density at radius 1 is 1.53 bits per heavy atom. The Morgan fingerprint density at radius 3 is 2.67 bits per heavy atom. The van der Waals surface area contributed by atoms with E-state index < -0.39 is 11.9 Å². The summed E-state index contributed by atoms with van der Waals surface area (Å²) in [6.45, 7) is 5.97. The summed E-state index contributed by atoms with van der Waals surface area (Å²) >= 11 is 0. The quantitative estimate of drug-likeness (QED) is 0.825. The van der Waals surface area contributed by atoms with Crippen molar-refractivity contribution in [2.75, 3.05) is 0 Å². The average molecular weight is 207 g/mol. The maximum atomic E-state index is 11.2. The molecule has 0 saturated carbocycles. The number of rotatable bonds is 4. The molecular formula is C12H17NO2. The van der Waals surface area contributed by atoms with Crippen molar-refractivity contribution >= 4 is 5.97 Å². The summed E-state index contributed by atoms with van der Waals surface area (Å²) in [5.74, 6) is -0.787. The zero-order valence-electron chi connectivity index (χ0n) is 9.40. The second kappa shape index (κ2) is 4.91. The van der Waals surface area contributed by atoms with E-state index in [2.05, 4.69) is 4.98 Å². The number of carboxylic acid groups (broad SMARTS) is 1. The molecule has 1 aromatic rings. The fraction of sp³-hybridized carbons (Fsp3) is 0.500. The van der Waals surface area contributed by atoms with Gasteiger partial charge in [0.25, 0.3) is 0 Å². The highest BCUT2D eigenvalue weighted by molar-refractivity contribution is 5.76. The van der Waals surface area contributed by atoms with Crippen LogP contribution in [-0.4, -0.2) is 16.1 Å². The number of aryl methyl sites for hydroxylation is 1. The van der Waals surface area contributed by atoms with Gasteiger partial charge in [-0.1, -0.05) is 13.8 Å². The topological polar surface area (TPSA) is 50.2 Å². The molecule has 3 heteroatoms. The van der Waals surface area contributed by atoms with Gasteiger partial charge in [0.15, 0.2) is 0 Å². The summed E-state index contributed by atoms with van der Waals surface area (Å²) in [7, 11) is 0. The third kappa shape index (κ3) is 3.05. The maximum absolute atomic E-state index is 11.2. The van der Waals surface area contributed by atoms with Crippen LogP contribution in [0, 0.1) is 12.8 Å². The Kier molecular flexibility index (Phi) is 3.83. The number of carbonyl (C=O) groups is 1. The smallest absolute Gasteiger partial charge is 0.310 e. The Balaban J connectivity index is 2.99. The maximum Gasteiger partial charge on any atom is 0.310 e. The van der Waals surface area contributed by atoms with Gasteiger partial charge in [0.05, 0.1) is 5.92 Å². The van der Waals surface area contributed by atoms with Gasteiger partial charge in [0.2, 0.25) is 0 Å². The second-order valence-corrected chi connectivity index (χ2v) is 4.25. The zero-order valence-corrected chi connectivity index (χ0v) is 9.40. The number of aromatic nitrogens is 1. The van der Waals surface area contributed by atoms with Crippen LogP contribution < -0.4 is 0 Å². The fourth-order valence-corrected chi connectivity index (χ4v) is 1.71. The Hall–Kier alpha value is -1.38. The van der Waals surface area contributed by atoms with Crippen LogP contribution in [0.4, 0.5) is 0 Å². The van der Waals surface area contributed by atoms with E-state index in [1.807, 2.05) is 20.8 Å². The standard InChI is InChI=1S/C12H17NO2/c1-8(2)6-11(12(14)15)10-4-5-13-7-9(10)3/h4-5,7-8,11H,6H2,1-3H3,(H,14,15). The molecule has 82 valence electrons. The van der Waals surface area contributed by atoms with E-state index in [0.717, 1.165) is 11.1 Å². The molecule has 0 bridgehead atoms. The minimum absolute atomic E-state index is 0.374. The molecule has 0 spiro atoms. The molecule has 15 heavy (non-hydrogen) atoms. The second-order valence-electron chi connectivity index (χ2n) is 4.25. The molecule has 0 aliphatic carbocycles. The van der Waals surface area contributed by atoms with Gasteiger partial charge in [-0.05, 0) is 36.5 Å². The Bertz CT molecular complexity index is 347. The predicted molar refractivity (Wildman–Crippen MR) is 58.8 cm³/mol. The predicted octanol–water partition coefficient (Wildman–Crippen LogP) is 2.60. The summed E-state index contributed by atoms with van der Waals surface area (Å²) in [5.41, 5.74) is 1.83. The molecule has 1 heterocycles. The van der Waals surface area contributed by atoms with Crippen molar-refractivity contribution in [3.05, 3.63) is 29.6 Å². The molecule has 1 aromatic heterocycles. The van der Waals surface area contributed by atoms with Crippen LogP contribution in [0.3, 0.4) is 0 Å².